The fraction of sp³-hybridized carbons (Fsp3) is 0.889. The quantitative estimate of drug-likeness (QED) is 0.561. The number of ether oxygens (including phenoxy) is 1. The van der Waals surface area contributed by atoms with Crippen molar-refractivity contribution in [2.45, 2.75) is 90.3 Å². The maximum Gasteiger partial charge on any atom is 0.216 e. The van der Waals surface area contributed by atoms with E-state index in [0.29, 0.717) is 18.9 Å². The van der Waals surface area contributed by atoms with Crippen LogP contribution in [-0.2, 0) is 18.8 Å². The summed E-state index contributed by atoms with van der Waals surface area (Å²) in [5, 5.41) is 2.99. The van der Waals surface area contributed by atoms with Crippen LogP contribution in [0.5, 0.6) is 0 Å². The van der Waals surface area contributed by atoms with Crippen LogP contribution < -0.4 is 5.32 Å². The molecule has 5 nitrogen and oxygen atoms in total. The van der Waals surface area contributed by atoms with Gasteiger partial charge >= 0.3 is 0 Å². The van der Waals surface area contributed by atoms with Crippen LogP contribution in [-0.4, -0.2) is 45.4 Å². The van der Waals surface area contributed by atoms with Gasteiger partial charge in [0.2, 0.25) is 5.91 Å². The highest BCUT2D eigenvalue weighted by Crippen LogP contribution is 2.40. The number of aldehydes is 1. The van der Waals surface area contributed by atoms with Gasteiger partial charge in [-0.25, -0.2) is 0 Å². The monoisotopic (exact) mass is 357 g/mol. The molecule has 140 valence electrons. The molecule has 0 radical (unpaired) electrons. The Labute approximate surface area is 148 Å². The van der Waals surface area contributed by atoms with Crippen LogP contribution in [0.4, 0.5) is 0 Å². The van der Waals surface area contributed by atoms with Crippen LogP contribution in [0.1, 0.15) is 53.9 Å². The van der Waals surface area contributed by atoms with Gasteiger partial charge < -0.3 is 19.3 Å². The number of hydrogen-bond donors (Lipinski definition) is 1. The van der Waals surface area contributed by atoms with Crippen LogP contribution in [0.15, 0.2) is 0 Å². The van der Waals surface area contributed by atoms with Gasteiger partial charge in [0, 0.05) is 19.9 Å². The molecule has 1 aliphatic heterocycles. The van der Waals surface area contributed by atoms with Gasteiger partial charge in [-0.1, -0.05) is 27.7 Å². The Morgan fingerprint density at radius 1 is 1.33 bits per heavy atom. The highest BCUT2D eigenvalue weighted by Gasteiger charge is 2.44. The van der Waals surface area contributed by atoms with E-state index in [9.17, 15) is 9.59 Å². The lowest BCUT2D eigenvalue weighted by Crippen LogP contribution is -2.54. The van der Waals surface area contributed by atoms with E-state index in [1.165, 1.54) is 6.92 Å². The molecule has 1 amide bonds. The Morgan fingerprint density at radius 2 is 1.96 bits per heavy atom. The lowest BCUT2D eigenvalue weighted by atomic mass is 9.89. The van der Waals surface area contributed by atoms with Gasteiger partial charge in [0.15, 0.2) is 8.32 Å². The first-order valence-electron chi connectivity index (χ1n) is 8.99. The van der Waals surface area contributed by atoms with Gasteiger partial charge in [-0.05, 0) is 36.9 Å². The van der Waals surface area contributed by atoms with Gasteiger partial charge in [-0.3, -0.25) is 4.79 Å². The van der Waals surface area contributed by atoms with Crippen molar-refractivity contribution in [1.82, 2.24) is 5.32 Å². The van der Waals surface area contributed by atoms with E-state index in [-0.39, 0.29) is 29.3 Å². The third kappa shape index (κ3) is 5.97. The zero-order chi connectivity index (χ0) is 18.5. The van der Waals surface area contributed by atoms with E-state index >= 15 is 0 Å². The second kappa shape index (κ2) is 8.58. The van der Waals surface area contributed by atoms with Gasteiger partial charge in [0.1, 0.15) is 12.4 Å². The number of nitrogens with one attached hydrogen (secondary N) is 1. The van der Waals surface area contributed by atoms with Gasteiger partial charge in [-0.2, -0.15) is 0 Å². The Morgan fingerprint density at radius 3 is 2.46 bits per heavy atom. The number of amides is 1. The maximum absolute atomic E-state index is 11.3. The predicted molar refractivity (Wildman–Crippen MR) is 98.5 cm³/mol. The van der Waals surface area contributed by atoms with Crippen molar-refractivity contribution in [2.24, 2.45) is 5.92 Å². The zero-order valence-corrected chi connectivity index (χ0v) is 17.3. The SMILES string of the molecule is CC(=O)NC[C@H]1O[C@@H](CCC=O)[C@@H](C)C[C@@H]1O[Si](C)(C)C(C)(C)C. The lowest BCUT2D eigenvalue weighted by Gasteiger charge is -2.46. The van der Waals surface area contributed by atoms with Crippen molar-refractivity contribution in [3.8, 4) is 0 Å². The molecular formula is C18H35NO4Si. The maximum atomic E-state index is 11.3. The number of rotatable bonds is 7. The van der Waals surface area contributed by atoms with Crippen LogP contribution in [0.25, 0.3) is 0 Å². The molecule has 1 fully saturated rings. The Hall–Kier alpha value is -0.723. The molecule has 6 heteroatoms. The largest absolute Gasteiger partial charge is 0.411 e. The highest BCUT2D eigenvalue weighted by atomic mass is 28.4. The lowest BCUT2D eigenvalue weighted by molar-refractivity contribution is -0.141. The topological polar surface area (TPSA) is 64.6 Å². The summed E-state index contributed by atoms with van der Waals surface area (Å²) in [6, 6.07) is 0. The summed E-state index contributed by atoms with van der Waals surface area (Å²) < 4.78 is 12.9. The third-order valence-electron chi connectivity index (χ3n) is 5.38. The average Bonchev–Trinajstić information content (AvgIpc) is 2.43. The molecule has 0 bridgehead atoms. The van der Waals surface area contributed by atoms with Crippen molar-refractivity contribution < 1.29 is 18.8 Å². The summed E-state index contributed by atoms with van der Waals surface area (Å²) in [5.41, 5.74) is 0. The standard InChI is InChI=1S/C18H35NO4Si/c1-13-11-16(23-24(6,7)18(3,4)5)17(12-19-14(2)21)22-15(13)9-8-10-20/h10,13,15-17H,8-9,11-12H2,1-7H3,(H,19,21)/t13-,15-,16-,17+/m0/s1. The molecule has 0 aromatic heterocycles. The molecule has 1 heterocycles. The van der Waals surface area contributed by atoms with Crippen LogP contribution in [0.3, 0.4) is 0 Å². The first-order chi connectivity index (χ1) is 11.0. The van der Waals surface area contributed by atoms with Crippen molar-refractivity contribution in [1.29, 1.82) is 0 Å². The molecule has 0 unspecified atom stereocenters. The minimum Gasteiger partial charge on any atom is -0.411 e. The van der Waals surface area contributed by atoms with Gasteiger partial charge in [-0.15, -0.1) is 0 Å². The molecule has 0 aromatic rings. The second-order valence-corrected chi connectivity index (χ2v) is 13.3. The summed E-state index contributed by atoms with van der Waals surface area (Å²) in [7, 11) is -1.92. The van der Waals surface area contributed by atoms with E-state index in [1.807, 2.05) is 0 Å². The molecule has 1 rings (SSSR count). The molecular weight excluding hydrogens is 322 g/mol. The third-order valence-corrected chi connectivity index (χ3v) is 9.88. The first-order valence-corrected chi connectivity index (χ1v) is 11.9. The van der Waals surface area contributed by atoms with Gasteiger partial charge in [0.05, 0.1) is 12.2 Å². The molecule has 1 aliphatic rings. The summed E-state index contributed by atoms with van der Waals surface area (Å²) in [6.07, 6.45) is 2.96. The smallest absolute Gasteiger partial charge is 0.216 e. The Kier molecular flexibility index (Phi) is 7.63. The molecule has 0 aromatic carbocycles. The van der Waals surface area contributed by atoms with Gasteiger partial charge in [0.25, 0.3) is 0 Å². The summed E-state index contributed by atoms with van der Waals surface area (Å²) in [5.74, 6) is 0.279. The van der Waals surface area contributed by atoms with E-state index < -0.39 is 8.32 Å². The van der Waals surface area contributed by atoms with Crippen LogP contribution in [0, 0.1) is 5.92 Å². The minimum absolute atomic E-state index is 0.0137. The summed E-state index contributed by atoms with van der Waals surface area (Å²) in [6.45, 7) is 15.3. The normalized spacial score (nSPS) is 28.5. The summed E-state index contributed by atoms with van der Waals surface area (Å²) >= 11 is 0. The molecule has 1 N–H and O–H groups in total. The van der Waals surface area contributed by atoms with Crippen LogP contribution in [0.2, 0.25) is 18.1 Å². The molecule has 1 saturated heterocycles. The summed E-state index contributed by atoms with van der Waals surface area (Å²) in [4.78, 5) is 22.0. The Balaban J connectivity index is 2.86. The predicted octanol–water partition coefficient (Wildman–Crippen LogP) is 3.29. The minimum atomic E-state index is -1.92. The number of carbonyl (C=O) groups excluding carboxylic acids is 2. The number of hydrogen-bond acceptors (Lipinski definition) is 4. The zero-order valence-electron chi connectivity index (χ0n) is 16.3. The molecule has 0 spiro atoms. The molecule has 24 heavy (non-hydrogen) atoms. The van der Waals surface area contributed by atoms with E-state index in [0.717, 1.165) is 19.1 Å². The van der Waals surface area contributed by atoms with Crippen molar-refractivity contribution >= 4 is 20.5 Å². The number of carbonyl (C=O) groups is 2. The average molecular weight is 358 g/mol. The van der Waals surface area contributed by atoms with Crippen molar-refractivity contribution in [2.75, 3.05) is 6.54 Å². The molecule has 4 atom stereocenters. The van der Waals surface area contributed by atoms with E-state index in [2.05, 4.69) is 46.1 Å². The van der Waals surface area contributed by atoms with Crippen molar-refractivity contribution in [3.63, 3.8) is 0 Å². The van der Waals surface area contributed by atoms with Crippen LogP contribution >= 0.6 is 0 Å². The molecule has 0 aliphatic carbocycles. The van der Waals surface area contributed by atoms with E-state index in [1.54, 1.807) is 0 Å². The highest BCUT2D eigenvalue weighted by molar-refractivity contribution is 6.74. The fourth-order valence-electron chi connectivity index (χ4n) is 2.80. The van der Waals surface area contributed by atoms with E-state index in [4.69, 9.17) is 9.16 Å². The Bertz CT molecular complexity index is 433. The fourth-order valence-corrected chi connectivity index (χ4v) is 4.16. The van der Waals surface area contributed by atoms with Crippen molar-refractivity contribution in [3.05, 3.63) is 0 Å². The molecule has 0 saturated carbocycles. The second-order valence-electron chi connectivity index (χ2n) is 8.52. The first kappa shape index (κ1) is 21.3.